The van der Waals surface area contributed by atoms with Crippen molar-refractivity contribution in [2.75, 3.05) is 40.3 Å². The minimum Gasteiger partial charge on any atom is -0.481 e. The Morgan fingerprint density at radius 2 is 1.88 bits per heavy atom. The largest absolute Gasteiger partial charge is 0.481 e. The normalized spacial score (nSPS) is 15.8. The molecule has 2 heterocycles. The predicted molar refractivity (Wildman–Crippen MR) is 104 cm³/mol. The van der Waals surface area contributed by atoms with Crippen LogP contribution in [0.2, 0.25) is 0 Å². The smallest absolute Gasteiger partial charge is 0.218 e. The summed E-state index contributed by atoms with van der Waals surface area (Å²) in [4.78, 5) is 13.5. The molecule has 3 rings (SSSR count). The topological polar surface area (TPSA) is 53.0 Å². The number of nitrogens with one attached hydrogen (secondary N) is 1. The second kappa shape index (κ2) is 9.20. The monoisotopic (exact) mass is 353 g/mol. The van der Waals surface area contributed by atoms with E-state index >= 15 is 0 Å². The first-order chi connectivity index (χ1) is 12.8. The van der Waals surface area contributed by atoms with Crippen LogP contribution in [0, 0.1) is 0 Å². The van der Waals surface area contributed by atoms with Gasteiger partial charge in [0.05, 0.1) is 7.11 Å². The average molecular weight is 353 g/mol. The standard InChI is InChI=1S/C20H27N5O/c1-21-20(23-15-18-9-6-10-22-19(18)26-2)25-13-11-24(12-14-25)16-17-7-4-3-5-8-17/h3-10H,11-16H2,1-2H3,(H,21,23). The molecule has 0 amide bonds. The van der Waals surface area contributed by atoms with Crippen LogP contribution in [0.3, 0.4) is 0 Å². The highest BCUT2D eigenvalue weighted by Gasteiger charge is 2.19. The fourth-order valence-corrected chi connectivity index (χ4v) is 3.21. The molecule has 0 radical (unpaired) electrons. The van der Waals surface area contributed by atoms with Crippen LogP contribution < -0.4 is 10.1 Å². The number of aliphatic imine (C=N–C) groups is 1. The van der Waals surface area contributed by atoms with Crippen LogP contribution in [-0.4, -0.2) is 61.1 Å². The van der Waals surface area contributed by atoms with Crippen molar-refractivity contribution in [1.82, 2.24) is 20.1 Å². The molecule has 138 valence electrons. The number of ether oxygens (including phenoxy) is 1. The van der Waals surface area contributed by atoms with Crippen LogP contribution in [-0.2, 0) is 13.1 Å². The summed E-state index contributed by atoms with van der Waals surface area (Å²) in [6, 6.07) is 14.6. The van der Waals surface area contributed by atoms with E-state index in [-0.39, 0.29) is 0 Å². The highest BCUT2D eigenvalue weighted by atomic mass is 16.5. The SMILES string of the molecule is CN=C(NCc1cccnc1OC)N1CCN(Cc2ccccc2)CC1. The van der Waals surface area contributed by atoms with E-state index in [1.165, 1.54) is 5.56 Å². The number of rotatable bonds is 5. The van der Waals surface area contributed by atoms with Gasteiger partial charge >= 0.3 is 0 Å². The van der Waals surface area contributed by atoms with Crippen molar-refractivity contribution in [3.63, 3.8) is 0 Å². The van der Waals surface area contributed by atoms with E-state index in [4.69, 9.17) is 4.74 Å². The molecule has 1 aliphatic heterocycles. The molecule has 0 spiro atoms. The Kier molecular flexibility index (Phi) is 6.44. The van der Waals surface area contributed by atoms with Gasteiger partial charge in [0.15, 0.2) is 5.96 Å². The van der Waals surface area contributed by atoms with Gasteiger partial charge in [-0.2, -0.15) is 0 Å². The molecule has 0 aliphatic carbocycles. The maximum atomic E-state index is 5.32. The number of pyridine rings is 1. The van der Waals surface area contributed by atoms with Crippen molar-refractivity contribution in [2.24, 2.45) is 4.99 Å². The Morgan fingerprint density at radius 3 is 2.58 bits per heavy atom. The molecule has 1 aromatic carbocycles. The van der Waals surface area contributed by atoms with Gasteiger partial charge in [-0.1, -0.05) is 36.4 Å². The van der Waals surface area contributed by atoms with E-state index in [1.54, 1.807) is 13.3 Å². The van der Waals surface area contributed by atoms with Crippen molar-refractivity contribution in [3.8, 4) is 5.88 Å². The van der Waals surface area contributed by atoms with Gasteiger partial charge in [-0.3, -0.25) is 9.89 Å². The zero-order chi connectivity index (χ0) is 18.2. The molecular weight excluding hydrogens is 326 g/mol. The number of methoxy groups -OCH3 is 1. The fraction of sp³-hybridized carbons (Fsp3) is 0.400. The Bertz CT molecular complexity index is 711. The molecule has 1 N–H and O–H groups in total. The van der Waals surface area contributed by atoms with Crippen LogP contribution in [0.25, 0.3) is 0 Å². The zero-order valence-electron chi connectivity index (χ0n) is 15.6. The van der Waals surface area contributed by atoms with E-state index < -0.39 is 0 Å². The van der Waals surface area contributed by atoms with E-state index in [9.17, 15) is 0 Å². The highest BCUT2D eigenvalue weighted by Crippen LogP contribution is 2.13. The van der Waals surface area contributed by atoms with Gasteiger partial charge in [-0.15, -0.1) is 0 Å². The van der Waals surface area contributed by atoms with Gasteiger partial charge < -0.3 is 15.0 Å². The number of benzene rings is 1. The van der Waals surface area contributed by atoms with Crippen molar-refractivity contribution in [2.45, 2.75) is 13.1 Å². The number of nitrogens with zero attached hydrogens (tertiary/aromatic N) is 4. The van der Waals surface area contributed by atoms with Crippen LogP contribution in [0.4, 0.5) is 0 Å². The minimum atomic E-state index is 0.647. The maximum absolute atomic E-state index is 5.32. The summed E-state index contributed by atoms with van der Waals surface area (Å²) < 4.78 is 5.32. The second-order valence-corrected chi connectivity index (χ2v) is 6.32. The Balaban J connectivity index is 1.51. The molecule has 6 nitrogen and oxygen atoms in total. The van der Waals surface area contributed by atoms with E-state index in [2.05, 4.69) is 55.4 Å². The van der Waals surface area contributed by atoms with E-state index in [0.717, 1.165) is 44.2 Å². The van der Waals surface area contributed by atoms with Crippen molar-refractivity contribution in [1.29, 1.82) is 0 Å². The predicted octanol–water partition coefficient (Wildman–Crippen LogP) is 1.98. The molecule has 1 aromatic heterocycles. The molecule has 2 aromatic rings. The lowest BCUT2D eigenvalue weighted by molar-refractivity contribution is 0.172. The third-order valence-corrected chi connectivity index (χ3v) is 4.61. The third kappa shape index (κ3) is 4.73. The molecule has 0 unspecified atom stereocenters. The molecule has 26 heavy (non-hydrogen) atoms. The second-order valence-electron chi connectivity index (χ2n) is 6.32. The number of hydrogen-bond acceptors (Lipinski definition) is 4. The van der Waals surface area contributed by atoms with Crippen LogP contribution >= 0.6 is 0 Å². The fourth-order valence-electron chi connectivity index (χ4n) is 3.21. The third-order valence-electron chi connectivity index (χ3n) is 4.61. The first kappa shape index (κ1) is 18.2. The van der Waals surface area contributed by atoms with Crippen molar-refractivity contribution in [3.05, 3.63) is 59.8 Å². The Labute approximate surface area is 155 Å². The number of piperazine rings is 1. The summed E-state index contributed by atoms with van der Waals surface area (Å²) in [5.74, 6) is 1.58. The van der Waals surface area contributed by atoms with Crippen LogP contribution in [0.15, 0.2) is 53.7 Å². The lowest BCUT2D eigenvalue weighted by Crippen LogP contribution is -2.52. The molecular formula is C20H27N5O. The average Bonchev–Trinajstić information content (AvgIpc) is 2.70. The highest BCUT2D eigenvalue weighted by molar-refractivity contribution is 5.80. The number of guanidine groups is 1. The zero-order valence-corrected chi connectivity index (χ0v) is 15.6. The molecule has 1 saturated heterocycles. The first-order valence-electron chi connectivity index (χ1n) is 9.00. The lowest BCUT2D eigenvalue weighted by atomic mass is 10.2. The molecule has 0 saturated carbocycles. The summed E-state index contributed by atoms with van der Waals surface area (Å²) in [7, 11) is 3.48. The van der Waals surface area contributed by atoms with Gasteiger partial charge in [-0.05, 0) is 11.6 Å². The van der Waals surface area contributed by atoms with Crippen molar-refractivity contribution < 1.29 is 4.74 Å². The quantitative estimate of drug-likeness (QED) is 0.658. The summed E-state index contributed by atoms with van der Waals surface area (Å²) in [5, 5.41) is 3.43. The summed E-state index contributed by atoms with van der Waals surface area (Å²) in [6.45, 7) is 5.66. The number of hydrogen-bond donors (Lipinski definition) is 1. The maximum Gasteiger partial charge on any atom is 0.218 e. The number of aromatic nitrogens is 1. The van der Waals surface area contributed by atoms with Crippen LogP contribution in [0.5, 0.6) is 5.88 Å². The molecule has 0 atom stereocenters. The van der Waals surface area contributed by atoms with Crippen molar-refractivity contribution >= 4 is 5.96 Å². The van der Waals surface area contributed by atoms with Crippen LogP contribution in [0.1, 0.15) is 11.1 Å². The Morgan fingerprint density at radius 1 is 1.12 bits per heavy atom. The van der Waals surface area contributed by atoms with Gasteiger partial charge in [-0.25, -0.2) is 4.98 Å². The molecule has 1 aliphatic rings. The van der Waals surface area contributed by atoms with Gasteiger partial charge in [0.25, 0.3) is 0 Å². The van der Waals surface area contributed by atoms with E-state index in [1.807, 2.05) is 19.2 Å². The van der Waals surface area contributed by atoms with E-state index in [0.29, 0.717) is 12.4 Å². The van der Waals surface area contributed by atoms with Gasteiger partial charge in [0.1, 0.15) is 0 Å². The molecule has 0 bridgehead atoms. The summed E-state index contributed by atoms with van der Waals surface area (Å²) >= 11 is 0. The summed E-state index contributed by atoms with van der Waals surface area (Å²) in [6.07, 6.45) is 1.74. The minimum absolute atomic E-state index is 0.647. The lowest BCUT2D eigenvalue weighted by Gasteiger charge is -2.36. The molecule has 1 fully saturated rings. The summed E-state index contributed by atoms with van der Waals surface area (Å²) in [5.41, 5.74) is 2.39. The Hall–Kier alpha value is -2.60. The first-order valence-corrected chi connectivity index (χ1v) is 9.00. The van der Waals surface area contributed by atoms with Gasteiger partial charge in [0, 0.05) is 58.1 Å². The van der Waals surface area contributed by atoms with Gasteiger partial charge in [0.2, 0.25) is 5.88 Å². The molecule has 6 heteroatoms.